The zero-order chi connectivity index (χ0) is 19.8. The van der Waals surface area contributed by atoms with Crippen LogP contribution in [0.25, 0.3) is 17.3 Å². The summed E-state index contributed by atoms with van der Waals surface area (Å²) in [5, 5.41) is 0.716. The summed E-state index contributed by atoms with van der Waals surface area (Å²) in [5.41, 5.74) is 6.75. The highest BCUT2D eigenvalue weighted by atomic mass is 35.5. The Kier molecular flexibility index (Phi) is 4.42. The molecule has 0 saturated heterocycles. The summed E-state index contributed by atoms with van der Waals surface area (Å²) in [6.07, 6.45) is 6.70. The van der Waals surface area contributed by atoms with Gasteiger partial charge in [-0.2, -0.15) is 0 Å². The van der Waals surface area contributed by atoms with Gasteiger partial charge in [0.15, 0.2) is 0 Å². The molecule has 140 valence electrons. The molecule has 0 radical (unpaired) electrons. The first-order valence-electron chi connectivity index (χ1n) is 9.59. The van der Waals surface area contributed by atoms with Crippen LogP contribution in [0.5, 0.6) is 0 Å². The number of benzene rings is 3. The molecule has 0 unspecified atom stereocenters. The van der Waals surface area contributed by atoms with Gasteiger partial charge in [-0.15, -0.1) is 0 Å². The van der Waals surface area contributed by atoms with Gasteiger partial charge in [0.1, 0.15) is 0 Å². The SMILES string of the molecule is O=C(C1=CCC(c2ccccc2Cl)=C2c3ccccc3C=CN12)c1ccccc1. The Labute approximate surface area is 175 Å². The Balaban J connectivity index is 1.69. The zero-order valence-corrected chi connectivity index (χ0v) is 16.4. The number of hydrogen-bond donors (Lipinski definition) is 0. The minimum absolute atomic E-state index is 0.0188. The van der Waals surface area contributed by atoms with Crippen molar-refractivity contribution in [1.29, 1.82) is 0 Å². The van der Waals surface area contributed by atoms with E-state index in [1.54, 1.807) is 0 Å². The molecular formula is C26H18ClNO. The Hall–Kier alpha value is -3.36. The van der Waals surface area contributed by atoms with Gasteiger partial charge in [0.05, 0.1) is 11.4 Å². The molecule has 0 amide bonds. The van der Waals surface area contributed by atoms with Crippen LogP contribution in [-0.4, -0.2) is 10.7 Å². The third kappa shape index (κ3) is 3.02. The van der Waals surface area contributed by atoms with Crippen LogP contribution in [0.15, 0.2) is 96.8 Å². The van der Waals surface area contributed by atoms with Gasteiger partial charge in [-0.1, -0.05) is 90.5 Å². The summed E-state index contributed by atoms with van der Waals surface area (Å²) in [6.45, 7) is 0. The van der Waals surface area contributed by atoms with Crippen molar-refractivity contribution < 1.29 is 4.79 Å². The van der Waals surface area contributed by atoms with Crippen molar-refractivity contribution >= 4 is 34.7 Å². The van der Waals surface area contributed by atoms with Crippen LogP contribution in [0.1, 0.15) is 33.5 Å². The molecule has 0 N–H and O–H groups in total. The van der Waals surface area contributed by atoms with Crippen molar-refractivity contribution in [2.75, 3.05) is 0 Å². The molecule has 3 aromatic rings. The third-order valence-electron chi connectivity index (χ3n) is 5.37. The van der Waals surface area contributed by atoms with E-state index in [0.717, 1.165) is 28.0 Å². The second-order valence-electron chi connectivity index (χ2n) is 7.07. The van der Waals surface area contributed by atoms with Crippen molar-refractivity contribution in [2.24, 2.45) is 0 Å². The summed E-state index contributed by atoms with van der Waals surface area (Å²) < 4.78 is 0. The van der Waals surface area contributed by atoms with E-state index < -0.39 is 0 Å². The Morgan fingerprint density at radius 1 is 0.828 bits per heavy atom. The zero-order valence-electron chi connectivity index (χ0n) is 15.7. The molecule has 2 nitrogen and oxygen atoms in total. The van der Waals surface area contributed by atoms with Crippen LogP contribution in [0.3, 0.4) is 0 Å². The second kappa shape index (κ2) is 7.23. The highest BCUT2D eigenvalue weighted by molar-refractivity contribution is 6.32. The van der Waals surface area contributed by atoms with Crippen molar-refractivity contribution in [3.63, 3.8) is 0 Å². The number of ketones is 1. The predicted molar refractivity (Wildman–Crippen MR) is 119 cm³/mol. The Bertz CT molecular complexity index is 1200. The molecule has 3 heteroatoms. The summed E-state index contributed by atoms with van der Waals surface area (Å²) >= 11 is 6.55. The number of fused-ring (bicyclic) bond motifs is 3. The standard InChI is InChI=1S/C26H18ClNO/c27-23-13-7-6-12-21(23)22-14-15-24(26(29)19-9-2-1-3-10-19)28-17-16-18-8-4-5-11-20(18)25(22)28/h1-13,15-17H,14H2. The fourth-order valence-corrected chi connectivity index (χ4v) is 4.25. The normalized spacial score (nSPS) is 14.9. The molecule has 0 atom stereocenters. The summed E-state index contributed by atoms with van der Waals surface area (Å²) in [6, 6.07) is 25.6. The first-order valence-corrected chi connectivity index (χ1v) is 9.96. The lowest BCUT2D eigenvalue weighted by Crippen LogP contribution is -2.27. The summed E-state index contributed by atoms with van der Waals surface area (Å²) in [5.74, 6) is 0.0188. The van der Waals surface area contributed by atoms with E-state index in [1.807, 2.05) is 83.9 Å². The molecule has 0 saturated carbocycles. The molecule has 0 fully saturated rings. The van der Waals surface area contributed by atoms with Crippen LogP contribution in [0.4, 0.5) is 0 Å². The van der Waals surface area contributed by atoms with E-state index in [-0.39, 0.29) is 5.78 Å². The molecule has 2 aliphatic heterocycles. The van der Waals surface area contributed by atoms with Crippen molar-refractivity contribution in [3.05, 3.63) is 124 Å². The average Bonchev–Trinajstić information content (AvgIpc) is 2.79. The molecule has 3 aromatic carbocycles. The average molecular weight is 396 g/mol. The van der Waals surface area contributed by atoms with Gasteiger partial charge in [-0.3, -0.25) is 4.79 Å². The number of nitrogens with zero attached hydrogens (tertiary/aromatic N) is 1. The summed E-state index contributed by atoms with van der Waals surface area (Å²) in [7, 11) is 0. The maximum atomic E-state index is 13.3. The number of carbonyl (C=O) groups is 1. The predicted octanol–water partition coefficient (Wildman–Crippen LogP) is 6.67. The van der Waals surface area contributed by atoms with E-state index in [9.17, 15) is 4.79 Å². The molecule has 29 heavy (non-hydrogen) atoms. The van der Waals surface area contributed by atoms with Gasteiger partial charge < -0.3 is 4.90 Å². The number of Topliss-reactive ketones (excluding diaryl/α,β-unsaturated/α-hetero) is 1. The van der Waals surface area contributed by atoms with E-state index in [0.29, 0.717) is 22.7 Å². The van der Waals surface area contributed by atoms with Crippen LogP contribution < -0.4 is 0 Å². The fourth-order valence-electron chi connectivity index (χ4n) is 4.00. The first-order chi connectivity index (χ1) is 14.2. The lowest BCUT2D eigenvalue weighted by molar-refractivity contribution is 0.101. The fraction of sp³-hybridized carbons (Fsp3) is 0.0385. The van der Waals surface area contributed by atoms with Gasteiger partial charge in [0.2, 0.25) is 5.78 Å². The van der Waals surface area contributed by atoms with Gasteiger partial charge in [0.25, 0.3) is 0 Å². The molecular weight excluding hydrogens is 378 g/mol. The number of allylic oxidation sites excluding steroid dienone is 3. The van der Waals surface area contributed by atoms with Gasteiger partial charge in [0, 0.05) is 22.3 Å². The molecule has 0 aliphatic carbocycles. The molecule has 0 bridgehead atoms. The largest absolute Gasteiger partial charge is 0.313 e. The van der Waals surface area contributed by atoms with Crippen LogP contribution in [0, 0.1) is 0 Å². The Morgan fingerprint density at radius 3 is 2.31 bits per heavy atom. The van der Waals surface area contributed by atoms with Crippen LogP contribution >= 0.6 is 11.6 Å². The maximum Gasteiger partial charge on any atom is 0.209 e. The smallest absolute Gasteiger partial charge is 0.209 e. The van der Waals surface area contributed by atoms with Crippen molar-refractivity contribution in [3.8, 4) is 0 Å². The molecule has 0 spiro atoms. The minimum atomic E-state index is 0.0188. The lowest BCUT2D eigenvalue weighted by atomic mass is 9.88. The van der Waals surface area contributed by atoms with Crippen molar-refractivity contribution in [2.45, 2.75) is 6.42 Å². The third-order valence-corrected chi connectivity index (χ3v) is 5.70. The highest BCUT2D eigenvalue weighted by Gasteiger charge is 2.31. The van der Waals surface area contributed by atoms with E-state index >= 15 is 0 Å². The molecule has 2 aliphatic rings. The monoisotopic (exact) mass is 395 g/mol. The number of carbonyl (C=O) groups excluding carboxylic acids is 1. The molecule has 0 aromatic heterocycles. The lowest BCUT2D eigenvalue weighted by Gasteiger charge is -2.35. The van der Waals surface area contributed by atoms with Crippen molar-refractivity contribution in [1.82, 2.24) is 4.90 Å². The minimum Gasteiger partial charge on any atom is -0.313 e. The van der Waals surface area contributed by atoms with Gasteiger partial charge in [-0.05, 0) is 35.3 Å². The topological polar surface area (TPSA) is 20.3 Å². The van der Waals surface area contributed by atoms with Crippen LogP contribution in [0.2, 0.25) is 5.02 Å². The van der Waals surface area contributed by atoms with E-state index in [2.05, 4.69) is 18.2 Å². The molecule has 2 heterocycles. The maximum absolute atomic E-state index is 13.3. The second-order valence-corrected chi connectivity index (χ2v) is 7.48. The van der Waals surface area contributed by atoms with Gasteiger partial charge >= 0.3 is 0 Å². The molecule has 5 rings (SSSR count). The summed E-state index contributed by atoms with van der Waals surface area (Å²) in [4.78, 5) is 15.3. The number of hydrogen-bond acceptors (Lipinski definition) is 2. The van der Waals surface area contributed by atoms with E-state index in [1.165, 1.54) is 0 Å². The van der Waals surface area contributed by atoms with Crippen LogP contribution in [-0.2, 0) is 0 Å². The van der Waals surface area contributed by atoms with Gasteiger partial charge in [-0.25, -0.2) is 0 Å². The Morgan fingerprint density at radius 2 is 1.52 bits per heavy atom. The van der Waals surface area contributed by atoms with E-state index in [4.69, 9.17) is 11.6 Å². The first kappa shape index (κ1) is 17.7. The number of rotatable bonds is 3. The quantitative estimate of drug-likeness (QED) is 0.462. The number of halogens is 1. The highest BCUT2D eigenvalue weighted by Crippen LogP contribution is 2.44.